The molecule has 0 heterocycles. The molecule has 0 unspecified atom stereocenters. The van der Waals surface area contributed by atoms with Crippen molar-refractivity contribution in [2.75, 3.05) is 6.61 Å². The summed E-state index contributed by atoms with van der Waals surface area (Å²) in [5, 5.41) is 0. The molecule has 0 atom stereocenters. The largest absolute Gasteiger partial charge is 0.448 e. The van der Waals surface area contributed by atoms with Crippen LogP contribution in [0.4, 0.5) is 0 Å². The van der Waals surface area contributed by atoms with Gasteiger partial charge >= 0.3 is 10.4 Å². The lowest BCUT2D eigenvalue weighted by atomic mass is 10.5. The molecule has 0 radical (unpaired) electrons. The summed E-state index contributed by atoms with van der Waals surface area (Å²) in [4.78, 5) is 0. The second-order valence-corrected chi connectivity index (χ2v) is 2.74. The zero-order valence-electron chi connectivity index (χ0n) is 5.74. The minimum Gasteiger partial charge on any atom is -0.370 e. The van der Waals surface area contributed by atoms with Gasteiger partial charge in [-0.05, 0) is 6.42 Å². The van der Waals surface area contributed by atoms with E-state index in [4.69, 9.17) is 0 Å². The summed E-state index contributed by atoms with van der Waals surface area (Å²) in [7, 11) is -3.81. The Balaban J connectivity index is 3.76. The average molecular weight is 166 g/mol. The van der Waals surface area contributed by atoms with Gasteiger partial charge in [0.25, 0.3) is 0 Å². The maximum absolute atomic E-state index is 10.5. The van der Waals surface area contributed by atoms with Gasteiger partial charge in [-0.1, -0.05) is 13.5 Å². The van der Waals surface area contributed by atoms with E-state index in [1.807, 2.05) is 0 Å². The van der Waals surface area contributed by atoms with Crippen LogP contribution in [-0.2, 0) is 18.8 Å². The predicted molar refractivity (Wildman–Crippen MR) is 36.4 cm³/mol. The Morgan fingerprint density at radius 1 is 1.60 bits per heavy atom. The van der Waals surface area contributed by atoms with E-state index >= 15 is 0 Å². The van der Waals surface area contributed by atoms with E-state index in [0.29, 0.717) is 6.42 Å². The molecule has 0 rings (SSSR count). The first kappa shape index (κ1) is 9.45. The van der Waals surface area contributed by atoms with Gasteiger partial charge in [0.1, 0.15) is 6.26 Å². The summed E-state index contributed by atoms with van der Waals surface area (Å²) in [5.41, 5.74) is 0. The maximum Gasteiger partial charge on any atom is 0.448 e. The summed E-state index contributed by atoms with van der Waals surface area (Å²) >= 11 is 0. The third-order valence-electron chi connectivity index (χ3n) is 0.618. The maximum atomic E-state index is 10.5. The minimum absolute atomic E-state index is 0.135. The molecule has 0 amide bonds. The predicted octanol–water partition coefficient (Wildman–Crippen LogP) is 0.818. The van der Waals surface area contributed by atoms with Crippen LogP contribution in [-0.4, -0.2) is 15.0 Å². The van der Waals surface area contributed by atoms with E-state index in [0.717, 1.165) is 6.26 Å². The monoisotopic (exact) mass is 166 g/mol. The fourth-order valence-electron chi connectivity index (χ4n) is 0.297. The molecule has 0 aliphatic carbocycles. The molecular weight excluding hydrogens is 156 g/mol. The third kappa shape index (κ3) is 4.34. The molecule has 0 aliphatic rings. The second-order valence-electron chi connectivity index (χ2n) is 1.49. The molecule has 0 aromatic heterocycles. The normalized spacial score (nSPS) is 10.9. The molecule has 60 valence electrons. The SMILES string of the molecule is C=COS(=O)(=O)OCCC. The van der Waals surface area contributed by atoms with Gasteiger partial charge in [-0.3, -0.25) is 0 Å². The topological polar surface area (TPSA) is 52.6 Å². The van der Waals surface area contributed by atoms with E-state index in [-0.39, 0.29) is 6.61 Å². The second kappa shape index (κ2) is 4.29. The molecule has 5 heteroatoms. The van der Waals surface area contributed by atoms with Crippen LogP contribution >= 0.6 is 0 Å². The van der Waals surface area contributed by atoms with Gasteiger partial charge in [-0.25, -0.2) is 4.18 Å². The van der Waals surface area contributed by atoms with Crippen molar-refractivity contribution in [3.63, 3.8) is 0 Å². The fraction of sp³-hybridized carbons (Fsp3) is 0.600. The van der Waals surface area contributed by atoms with Gasteiger partial charge in [0.2, 0.25) is 0 Å². The third-order valence-corrected chi connectivity index (χ3v) is 1.44. The lowest BCUT2D eigenvalue weighted by Gasteiger charge is -1.99. The first-order valence-corrected chi connectivity index (χ1v) is 4.14. The van der Waals surface area contributed by atoms with Gasteiger partial charge in [0.05, 0.1) is 6.61 Å². The molecule has 0 saturated heterocycles. The van der Waals surface area contributed by atoms with Gasteiger partial charge < -0.3 is 4.18 Å². The van der Waals surface area contributed by atoms with Crippen molar-refractivity contribution in [2.24, 2.45) is 0 Å². The van der Waals surface area contributed by atoms with Crippen molar-refractivity contribution >= 4 is 10.4 Å². The molecule has 0 saturated carbocycles. The van der Waals surface area contributed by atoms with Crippen LogP contribution < -0.4 is 0 Å². The highest BCUT2D eigenvalue weighted by Gasteiger charge is 2.07. The molecule has 0 aromatic rings. The Morgan fingerprint density at radius 2 is 2.20 bits per heavy atom. The number of hydrogen-bond acceptors (Lipinski definition) is 4. The van der Waals surface area contributed by atoms with Crippen LogP contribution in [0.25, 0.3) is 0 Å². The standard InChI is InChI=1S/C5H10O4S/c1-3-5-9-10(6,7)8-4-2/h4H,2-3,5H2,1H3. The highest BCUT2D eigenvalue weighted by Crippen LogP contribution is 1.96. The first-order valence-electron chi connectivity index (χ1n) is 2.81. The lowest BCUT2D eigenvalue weighted by molar-refractivity contribution is 0.259. The van der Waals surface area contributed by atoms with Crippen molar-refractivity contribution in [2.45, 2.75) is 13.3 Å². The highest BCUT2D eigenvalue weighted by atomic mass is 32.3. The van der Waals surface area contributed by atoms with Crippen LogP contribution in [0.1, 0.15) is 13.3 Å². The van der Waals surface area contributed by atoms with Gasteiger partial charge in [0, 0.05) is 0 Å². The summed E-state index contributed by atoms with van der Waals surface area (Å²) in [6.07, 6.45) is 1.44. The molecule has 0 bridgehead atoms. The van der Waals surface area contributed by atoms with E-state index < -0.39 is 10.4 Å². The first-order chi connectivity index (χ1) is 4.62. The van der Waals surface area contributed by atoms with Crippen molar-refractivity contribution in [1.82, 2.24) is 0 Å². The highest BCUT2D eigenvalue weighted by molar-refractivity contribution is 7.81. The Morgan fingerprint density at radius 3 is 2.60 bits per heavy atom. The van der Waals surface area contributed by atoms with Gasteiger partial charge in [0.15, 0.2) is 0 Å². The van der Waals surface area contributed by atoms with E-state index in [1.165, 1.54) is 0 Å². The molecule has 0 N–H and O–H groups in total. The molecule has 10 heavy (non-hydrogen) atoms. The minimum atomic E-state index is -3.81. The molecule has 0 aromatic carbocycles. The van der Waals surface area contributed by atoms with E-state index in [1.54, 1.807) is 6.92 Å². The van der Waals surface area contributed by atoms with Crippen LogP contribution in [0, 0.1) is 0 Å². The smallest absolute Gasteiger partial charge is 0.370 e. The summed E-state index contributed by atoms with van der Waals surface area (Å²) < 4.78 is 29.3. The molecular formula is C5H10O4S. The average Bonchev–Trinajstić information content (AvgIpc) is 1.84. The summed E-state index contributed by atoms with van der Waals surface area (Å²) in [6.45, 7) is 5.00. The van der Waals surface area contributed by atoms with Crippen molar-refractivity contribution in [1.29, 1.82) is 0 Å². The summed E-state index contributed by atoms with van der Waals surface area (Å²) in [5.74, 6) is 0. The van der Waals surface area contributed by atoms with Crippen LogP contribution in [0.3, 0.4) is 0 Å². The van der Waals surface area contributed by atoms with Crippen LogP contribution in [0.15, 0.2) is 12.8 Å². The fourth-order valence-corrected chi connectivity index (χ4v) is 0.890. The van der Waals surface area contributed by atoms with E-state index in [2.05, 4.69) is 14.9 Å². The van der Waals surface area contributed by atoms with Crippen molar-refractivity contribution < 1.29 is 16.8 Å². The van der Waals surface area contributed by atoms with Gasteiger partial charge in [-0.15, -0.1) is 0 Å². The number of rotatable bonds is 5. The van der Waals surface area contributed by atoms with E-state index in [9.17, 15) is 8.42 Å². The molecule has 0 fully saturated rings. The van der Waals surface area contributed by atoms with Crippen LogP contribution in [0.2, 0.25) is 0 Å². The molecule has 0 spiro atoms. The number of hydrogen-bond donors (Lipinski definition) is 0. The zero-order valence-corrected chi connectivity index (χ0v) is 6.56. The molecule has 4 nitrogen and oxygen atoms in total. The van der Waals surface area contributed by atoms with Crippen molar-refractivity contribution in [3.05, 3.63) is 12.8 Å². The Labute approximate surface area is 60.8 Å². The molecule has 0 aliphatic heterocycles. The Kier molecular flexibility index (Phi) is 4.06. The zero-order chi connectivity index (χ0) is 8.04. The van der Waals surface area contributed by atoms with Crippen molar-refractivity contribution in [3.8, 4) is 0 Å². The lowest BCUT2D eigenvalue weighted by Crippen LogP contribution is -2.06. The Hall–Kier alpha value is -0.550. The van der Waals surface area contributed by atoms with Crippen LogP contribution in [0.5, 0.6) is 0 Å². The Bertz CT molecular complexity index is 182. The summed E-state index contributed by atoms with van der Waals surface area (Å²) in [6, 6.07) is 0. The quantitative estimate of drug-likeness (QED) is 0.567. The van der Waals surface area contributed by atoms with Gasteiger partial charge in [-0.2, -0.15) is 8.42 Å².